The van der Waals surface area contributed by atoms with Crippen LogP contribution in [0.1, 0.15) is 38.2 Å². The molecule has 1 spiro atoms. The molecule has 1 saturated carbocycles. The van der Waals surface area contributed by atoms with Crippen LogP contribution in [0.15, 0.2) is 36.0 Å². The Morgan fingerprint density at radius 1 is 1.18 bits per heavy atom. The topological polar surface area (TPSA) is 83.8 Å². The predicted octanol–water partition coefficient (Wildman–Crippen LogP) is 2.96. The zero-order valence-corrected chi connectivity index (χ0v) is 15.6. The van der Waals surface area contributed by atoms with Crippen LogP contribution in [0.25, 0.3) is 17.0 Å². The molecule has 2 heterocycles. The van der Waals surface area contributed by atoms with Crippen molar-refractivity contribution in [3.63, 3.8) is 0 Å². The lowest BCUT2D eigenvalue weighted by Crippen LogP contribution is -2.44. The van der Waals surface area contributed by atoms with Crippen molar-refractivity contribution in [2.45, 2.75) is 44.9 Å². The number of para-hydroxylation sites is 1. The van der Waals surface area contributed by atoms with Gasteiger partial charge in [-0.05, 0) is 31.9 Å². The van der Waals surface area contributed by atoms with E-state index in [-0.39, 0.29) is 18.1 Å². The molecule has 1 aromatic carbocycles. The van der Waals surface area contributed by atoms with Gasteiger partial charge in [0.1, 0.15) is 12.1 Å². The first kappa shape index (κ1) is 18.3. The zero-order valence-electron chi connectivity index (χ0n) is 15.6. The Morgan fingerprint density at radius 3 is 2.54 bits per heavy atom. The lowest BCUT2D eigenvalue weighted by atomic mass is 10.1. The van der Waals surface area contributed by atoms with Crippen molar-refractivity contribution in [2.75, 3.05) is 6.61 Å². The lowest BCUT2D eigenvalue weighted by molar-refractivity contribution is -0.232. The Kier molecular flexibility index (Phi) is 4.66. The van der Waals surface area contributed by atoms with E-state index < -0.39 is 17.7 Å². The molecule has 0 unspecified atom stereocenters. The third-order valence-corrected chi connectivity index (χ3v) is 5.09. The van der Waals surface area contributed by atoms with Crippen molar-refractivity contribution in [3.8, 4) is 0 Å². The standard InChI is InChI=1S/C21H21NO6/c1-2-26-18(23)13-22-12-14(15-7-3-4-8-17(15)22)11-16-19(24)27-21(28-20(16)25)9-5-6-10-21/h3-4,7-8,11-12H,2,5-6,9-10,13H2,1H3. The number of hydrogen-bond acceptors (Lipinski definition) is 6. The smallest absolute Gasteiger partial charge is 0.348 e. The normalized spacial score (nSPS) is 18.2. The molecule has 7 nitrogen and oxygen atoms in total. The molecule has 7 heteroatoms. The maximum atomic E-state index is 12.5. The number of nitrogens with zero attached hydrogens (tertiary/aromatic N) is 1. The van der Waals surface area contributed by atoms with E-state index in [0.29, 0.717) is 25.0 Å². The number of aromatic nitrogens is 1. The molecule has 146 valence electrons. The van der Waals surface area contributed by atoms with Crippen molar-refractivity contribution in [1.29, 1.82) is 0 Å². The highest BCUT2D eigenvalue weighted by Crippen LogP contribution is 2.39. The third-order valence-electron chi connectivity index (χ3n) is 5.09. The summed E-state index contributed by atoms with van der Waals surface area (Å²) >= 11 is 0. The predicted molar refractivity (Wildman–Crippen MR) is 99.9 cm³/mol. The Balaban J connectivity index is 1.68. The number of ether oxygens (including phenoxy) is 3. The van der Waals surface area contributed by atoms with Crippen LogP contribution in [0.4, 0.5) is 0 Å². The van der Waals surface area contributed by atoms with Crippen LogP contribution in [0, 0.1) is 0 Å². The van der Waals surface area contributed by atoms with E-state index in [1.165, 1.54) is 6.08 Å². The summed E-state index contributed by atoms with van der Waals surface area (Å²) in [6.07, 6.45) is 5.99. The van der Waals surface area contributed by atoms with Gasteiger partial charge in [0.15, 0.2) is 0 Å². The first-order valence-electron chi connectivity index (χ1n) is 9.43. The minimum Gasteiger partial charge on any atom is -0.465 e. The maximum Gasteiger partial charge on any atom is 0.348 e. The summed E-state index contributed by atoms with van der Waals surface area (Å²) in [6.45, 7) is 2.09. The van der Waals surface area contributed by atoms with Gasteiger partial charge in [0.05, 0.1) is 6.61 Å². The van der Waals surface area contributed by atoms with Crippen LogP contribution in [-0.4, -0.2) is 34.9 Å². The van der Waals surface area contributed by atoms with E-state index in [0.717, 1.165) is 23.7 Å². The number of benzene rings is 1. The van der Waals surface area contributed by atoms with Gasteiger partial charge in [-0.15, -0.1) is 0 Å². The summed E-state index contributed by atoms with van der Waals surface area (Å²) in [4.78, 5) is 36.9. The summed E-state index contributed by atoms with van der Waals surface area (Å²) in [7, 11) is 0. The van der Waals surface area contributed by atoms with Crippen LogP contribution >= 0.6 is 0 Å². The van der Waals surface area contributed by atoms with Crippen LogP contribution in [0.5, 0.6) is 0 Å². The van der Waals surface area contributed by atoms with E-state index in [1.807, 2.05) is 24.3 Å². The average molecular weight is 383 g/mol. The molecule has 2 fully saturated rings. The molecule has 0 bridgehead atoms. The van der Waals surface area contributed by atoms with E-state index in [9.17, 15) is 14.4 Å². The molecule has 4 rings (SSSR count). The van der Waals surface area contributed by atoms with E-state index in [2.05, 4.69) is 0 Å². The average Bonchev–Trinajstić information content (AvgIpc) is 3.24. The molecule has 1 aliphatic heterocycles. The van der Waals surface area contributed by atoms with Crippen molar-refractivity contribution in [3.05, 3.63) is 41.6 Å². The summed E-state index contributed by atoms with van der Waals surface area (Å²) < 4.78 is 17.7. The number of carbonyl (C=O) groups is 3. The maximum absolute atomic E-state index is 12.5. The number of fused-ring (bicyclic) bond motifs is 1. The molecular formula is C21H21NO6. The molecule has 0 N–H and O–H groups in total. The number of esters is 3. The molecule has 2 aromatic rings. The second kappa shape index (κ2) is 7.14. The van der Waals surface area contributed by atoms with Crippen molar-refractivity contribution < 1.29 is 28.6 Å². The second-order valence-electron chi connectivity index (χ2n) is 6.99. The highest BCUT2D eigenvalue weighted by Gasteiger charge is 2.47. The van der Waals surface area contributed by atoms with Gasteiger partial charge >= 0.3 is 17.9 Å². The molecule has 1 saturated heterocycles. The molecule has 1 aliphatic carbocycles. The van der Waals surface area contributed by atoms with Crippen molar-refractivity contribution in [1.82, 2.24) is 4.57 Å². The number of carbonyl (C=O) groups excluding carboxylic acids is 3. The van der Waals surface area contributed by atoms with E-state index in [1.54, 1.807) is 17.7 Å². The second-order valence-corrected chi connectivity index (χ2v) is 6.99. The fourth-order valence-corrected chi connectivity index (χ4v) is 3.81. The summed E-state index contributed by atoms with van der Waals surface area (Å²) in [5.41, 5.74) is 1.29. The van der Waals surface area contributed by atoms with E-state index >= 15 is 0 Å². The largest absolute Gasteiger partial charge is 0.465 e. The van der Waals surface area contributed by atoms with Crippen LogP contribution in [0.3, 0.4) is 0 Å². The van der Waals surface area contributed by atoms with Crippen molar-refractivity contribution in [2.24, 2.45) is 0 Å². The van der Waals surface area contributed by atoms with Gasteiger partial charge in [0.25, 0.3) is 5.79 Å². The van der Waals surface area contributed by atoms with Crippen LogP contribution in [0.2, 0.25) is 0 Å². The molecule has 0 radical (unpaired) electrons. The Bertz CT molecular complexity index is 958. The van der Waals surface area contributed by atoms with Gasteiger partial charge in [-0.25, -0.2) is 9.59 Å². The molecule has 28 heavy (non-hydrogen) atoms. The lowest BCUT2D eigenvalue weighted by Gasteiger charge is -2.32. The molecule has 2 aliphatic rings. The summed E-state index contributed by atoms with van der Waals surface area (Å²) in [6, 6.07) is 7.43. The van der Waals surface area contributed by atoms with Gasteiger partial charge in [0.2, 0.25) is 0 Å². The zero-order chi connectivity index (χ0) is 19.7. The van der Waals surface area contributed by atoms with E-state index in [4.69, 9.17) is 14.2 Å². The number of hydrogen-bond donors (Lipinski definition) is 0. The van der Waals surface area contributed by atoms with Gasteiger partial charge < -0.3 is 18.8 Å². The molecule has 1 aromatic heterocycles. The summed E-state index contributed by atoms with van der Waals surface area (Å²) in [5, 5.41) is 0.807. The van der Waals surface area contributed by atoms with Crippen LogP contribution < -0.4 is 0 Å². The molecule has 0 atom stereocenters. The Hall–Kier alpha value is -3.09. The fourth-order valence-electron chi connectivity index (χ4n) is 3.81. The SMILES string of the molecule is CCOC(=O)Cn1cc(C=C2C(=O)OC3(CCCC3)OC2=O)c2ccccc21. The third kappa shape index (κ3) is 3.28. The van der Waals surface area contributed by atoms with Gasteiger partial charge in [-0.2, -0.15) is 0 Å². The summed E-state index contributed by atoms with van der Waals surface area (Å²) in [5.74, 6) is -2.79. The monoisotopic (exact) mass is 383 g/mol. The minimum absolute atomic E-state index is 0.0372. The minimum atomic E-state index is -1.09. The molecule has 0 amide bonds. The van der Waals surface area contributed by atoms with Gasteiger partial charge in [0, 0.05) is 35.5 Å². The quantitative estimate of drug-likeness (QED) is 0.459. The highest BCUT2D eigenvalue weighted by atomic mass is 16.7. The molecular weight excluding hydrogens is 362 g/mol. The Morgan fingerprint density at radius 2 is 1.86 bits per heavy atom. The Labute approximate surface area is 161 Å². The first-order chi connectivity index (χ1) is 13.5. The first-order valence-corrected chi connectivity index (χ1v) is 9.43. The highest BCUT2D eigenvalue weighted by molar-refractivity contribution is 6.19. The van der Waals surface area contributed by atoms with Crippen molar-refractivity contribution >= 4 is 34.9 Å². The van der Waals surface area contributed by atoms with Crippen LogP contribution in [-0.2, 0) is 35.1 Å². The van der Waals surface area contributed by atoms with Gasteiger partial charge in [-0.1, -0.05) is 18.2 Å². The fraction of sp³-hybridized carbons (Fsp3) is 0.381. The van der Waals surface area contributed by atoms with Gasteiger partial charge in [-0.3, -0.25) is 4.79 Å². The number of rotatable bonds is 4.